The highest BCUT2D eigenvalue weighted by Gasteiger charge is 2.24. The molecule has 0 aliphatic carbocycles. The van der Waals surface area contributed by atoms with Crippen LogP contribution in [0.25, 0.3) is 0 Å². The number of piperazine rings is 1. The van der Waals surface area contributed by atoms with Crippen LogP contribution in [0.1, 0.15) is 6.92 Å². The fraction of sp³-hybridized carbons (Fsp3) is 1.00. The van der Waals surface area contributed by atoms with Gasteiger partial charge in [0.1, 0.15) is 0 Å². The molecule has 0 saturated carbocycles. The van der Waals surface area contributed by atoms with Crippen LogP contribution in [0.5, 0.6) is 0 Å². The molecule has 1 aliphatic heterocycles. The summed E-state index contributed by atoms with van der Waals surface area (Å²) in [5.41, 5.74) is 0. The number of nitrogens with zero attached hydrogens (tertiary/aromatic N) is 1. The second-order valence-electron chi connectivity index (χ2n) is 3.28. The molecule has 1 atom stereocenters. The van der Waals surface area contributed by atoms with Crippen LogP contribution in [0.2, 0.25) is 0 Å². The standard InChI is InChI=1S/C7H18N4O2S/c1-7(8-2)10-14(12,13)11-5-3-9-4-6-11/h7-10H,3-6H2,1-2H3. The molecule has 84 valence electrons. The van der Waals surface area contributed by atoms with E-state index in [2.05, 4.69) is 15.4 Å². The minimum Gasteiger partial charge on any atom is -0.314 e. The summed E-state index contributed by atoms with van der Waals surface area (Å²) in [6, 6.07) is 0. The summed E-state index contributed by atoms with van der Waals surface area (Å²) in [6.45, 7) is 4.26. The van der Waals surface area contributed by atoms with E-state index >= 15 is 0 Å². The zero-order valence-corrected chi connectivity index (χ0v) is 9.39. The third-order valence-corrected chi connectivity index (χ3v) is 3.87. The van der Waals surface area contributed by atoms with Gasteiger partial charge in [0.2, 0.25) is 0 Å². The molecule has 0 aromatic carbocycles. The van der Waals surface area contributed by atoms with Gasteiger partial charge in [0, 0.05) is 26.2 Å². The van der Waals surface area contributed by atoms with E-state index in [-0.39, 0.29) is 6.17 Å². The van der Waals surface area contributed by atoms with Crippen LogP contribution in [0, 0.1) is 0 Å². The summed E-state index contributed by atoms with van der Waals surface area (Å²) in [6.07, 6.45) is -0.241. The molecule has 1 saturated heterocycles. The summed E-state index contributed by atoms with van der Waals surface area (Å²) in [4.78, 5) is 0. The maximum Gasteiger partial charge on any atom is 0.280 e. The first kappa shape index (κ1) is 11.9. The van der Waals surface area contributed by atoms with Crippen molar-refractivity contribution in [1.82, 2.24) is 19.7 Å². The molecule has 3 N–H and O–H groups in total. The molecule has 0 amide bonds. The monoisotopic (exact) mass is 222 g/mol. The molecule has 1 fully saturated rings. The van der Waals surface area contributed by atoms with Crippen molar-refractivity contribution < 1.29 is 8.42 Å². The number of hydrogen-bond donors (Lipinski definition) is 3. The smallest absolute Gasteiger partial charge is 0.280 e. The van der Waals surface area contributed by atoms with Crippen LogP contribution in [0.15, 0.2) is 0 Å². The maximum absolute atomic E-state index is 11.7. The molecule has 0 bridgehead atoms. The average molecular weight is 222 g/mol. The maximum atomic E-state index is 11.7. The van der Waals surface area contributed by atoms with E-state index in [1.807, 2.05) is 0 Å². The second kappa shape index (κ2) is 5.04. The van der Waals surface area contributed by atoms with Gasteiger partial charge in [0.15, 0.2) is 0 Å². The largest absolute Gasteiger partial charge is 0.314 e. The summed E-state index contributed by atoms with van der Waals surface area (Å²) in [7, 11) is -1.60. The Morgan fingerprint density at radius 2 is 1.93 bits per heavy atom. The highest BCUT2D eigenvalue weighted by molar-refractivity contribution is 7.87. The quantitative estimate of drug-likeness (QED) is 0.495. The Kier molecular flexibility index (Phi) is 4.27. The van der Waals surface area contributed by atoms with Gasteiger partial charge in [0.25, 0.3) is 10.2 Å². The summed E-state index contributed by atoms with van der Waals surface area (Å²) in [5, 5.41) is 5.93. The highest BCUT2D eigenvalue weighted by atomic mass is 32.2. The van der Waals surface area contributed by atoms with Crippen molar-refractivity contribution in [2.45, 2.75) is 13.1 Å². The Balaban J connectivity index is 2.54. The van der Waals surface area contributed by atoms with Gasteiger partial charge in [-0.3, -0.25) is 0 Å². The SMILES string of the molecule is CNC(C)NS(=O)(=O)N1CCNCC1. The number of hydrogen-bond acceptors (Lipinski definition) is 4. The van der Waals surface area contributed by atoms with Crippen LogP contribution in [-0.2, 0) is 10.2 Å². The first-order chi connectivity index (χ1) is 6.56. The Bertz CT molecular complexity index is 261. The summed E-state index contributed by atoms with van der Waals surface area (Å²) >= 11 is 0. The molecule has 1 unspecified atom stereocenters. The molecule has 1 aliphatic rings. The lowest BCUT2D eigenvalue weighted by atomic mass is 10.4. The highest BCUT2D eigenvalue weighted by Crippen LogP contribution is 2.00. The Morgan fingerprint density at radius 3 is 2.43 bits per heavy atom. The normalized spacial score (nSPS) is 22.1. The molecule has 1 heterocycles. The predicted molar refractivity (Wildman–Crippen MR) is 55.0 cm³/mol. The topological polar surface area (TPSA) is 73.5 Å². The van der Waals surface area contributed by atoms with Gasteiger partial charge in [0.05, 0.1) is 6.17 Å². The lowest BCUT2D eigenvalue weighted by Crippen LogP contribution is -2.54. The fourth-order valence-corrected chi connectivity index (χ4v) is 2.62. The first-order valence-electron chi connectivity index (χ1n) is 4.71. The Hall–Kier alpha value is -0.210. The second-order valence-corrected chi connectivity index (χ2v) is 4.98. The van der Waals surface area contributed by atoms with Crippen LogP contribution >= 0.6 is 0 Å². The van der Waals surface area contributed by atoms with Crippen molar-refractivity contribution in [3.63, 3.8) is 0 Å². The van der Waals surface area contributed by atoms with E-state index < -0.39 is 10.2 Å². The van der Waals surface area contributed by atoms with Crippen molar-refractivity contribution in [1.29, 1.82) is 0 Å². The zero-order valence-electron chi connectivity index (χ0n) is 8.58. The van der Waals surface area contributed by atoms with Crippen molar-refractivity contribution >= 4 is 10.2 Å². The minimum absolute atomic E-state index is 0.241. The molecule has 0 aromatic rings. The van der Waals surface area contributed by atoms with Gasteiger partial charge in [-0.2, -0.15) is 17.4 Å². The number of rotatable bonds is 4. The average Bonchev–Trinajstić information content (AvgIpc) is 2.18. The molecule has 7 heteroatoms. The van der Waals surface area contributed by atoms with E-state index in [9.17, 15) is 8.42 Å². The van der Waals surface area contributed by atoms with Gasteiger partial charge in [-0.05, 0) is 14.0 Å². The van der Waals surface area contributed by atoms with Gasteiger partial charge in [-0.15, -0.1) is 0 Å². The molecule has 1 rings (SSSR count). The van der Waals surface area contributed by atoms with Crippen molar-refractivity contribution in [2.75, 3.05) is 33.2 Å². The lowest BCUT2D eigenvalue weighted by Gasteiger charge is -2.28. The van der Waals surface area contributed by atoms with Crippen molar-refractivity contribution in [3.8, 4) is 0 Å². The molecule has 0 radical (unpaired) electrons. The molecule has 0 aromatic heterocycles. The van der Waals surface area contributed by atoms with E-state index in [1.165, 1.54) is 4.31 Å². The van der Waals surface area contributed by atoms with Crippen molar-refractivity contribution in [2.24, 2.45) is 0 Å². The Labute approximate surface area is 85.2 Å². The number of nitrogens with one attached hydrogen (secondary N) is 3. The van der Waals surface area contributed by atoms with Gasteiger partial charge in [-0.1, -0.05) is 0 Å². The van der Waals surface area contributed by atoms with E-state index in [0.29, 0.717) is 13.1 Å². The van der Waals surface area contributed by atoms with Crippen LogP contribution < -0.4 is 15.4 Å². The fourth-order valence-electron chi connectivity index (χ4n) is 1.24. The third kappa shape index (κ3) is 3.18. The third-order valence-electron chi connectivity index (χ3n) is 2.17. The minimum atomic E-state index is -3.31. The van der Waals surface area contributed by atoms with Crippen LogP contribution in [-0.4, -0.2) is 52.1 Å². The van der Waals surface area contributed by atoms with E-state index in [0.717, 1.165) is 13.1 Å². The summed E-state index contributed by atoms with van der Waals surface area (Å²) < 4.78 is 27.4. The molecular formula is C7H18N4O2S. The lowest BCUT2D eigenvalue weighted by molar-refractivity contribution is 0.350. The van der Waals surface area contributed by atoms with Gasteiger partial charge < -0.3 is 10.6 Å². The molecule has 14 heavy (non-hydrogen) atoms. The molecule has 0 spiro atoms. The first-order valence-corrected chi connectivity index (χ1v) is 6.15. The Morgan fingerprint density at radius 1 is 1.36 bits per heavy atom. The van der Waals surface area contributed by atoms with Crippen molar-refractivity contribution in [3.05, 3.63) is 0 Å². The van der Waals surface area contributed by atoms with E-state index in [4.69, 9.17) is 0 Å². The van der Waals surface area contributed by atoms with E-state index in [1.54, 1.807) is 14.0 Å². The van der Waals surface area contributed by atoms with Crippen LogP contribution in [0.4, 0.5) is 0 Å². The molecular weight excluding hydrogens is 204 g/mol. The van der Waals surface area contributed by atoms with Crippen LogP contribution in [0.3, 0.4) is 0 Å². The van der Waals surface area contributed by atoms with Gasteiger partial charge in [-0.25, -0.2) is 0 Å². The summed E-state index contributed by atoms with van der Waals surface area (Å²) in [5.74, 6) is 0. The zero-order chi connectivity index (χ0) is 10.6. The molecule has 6 nitrogen and oxygen atoms in total. The predicted octanol–water partition coefficient (Wildman–Crippen LogP) is -1.71. The van der Waals surface area contributed by atoms with Gasteiger partial charge >= 0.3 is 0 Å².